The quantitative estimate of drug-likeness (QED) is 0.906. The molecular formula is C12H10Cl2N2O3S. The lowest BCUT2D eigenvalue weighted by atomic mass is 10.2. The fourth-order valence-electron chi connectivity index (χ4n) is 1.48. The number of aromatic amines is 1. The zero-order valence-electron chi connectivity index (χ0n) is 10.3. The summed E-state index contributed by atoms with van der Waals surface area (Å²) in [4.78, 5) is 14.3. The molecule has 0 radical (unpaired) electrons. The van der Waals surface area contributed by atoms with E-state index in [0.717, 1.165) is 5.56 Å². The van der Waals surface area contributed by atoms with Gasteiger partial charge in [-0.2, -0.15) is 0 Å². The average Bonchev–Trinajstić information content (AvgIpc) is 2.70. The van der Waals surface area contributed by atoms with Gasteiger partial charge in [0.2, 0.25) is 0 Å². The number of rotatable bonds is 3. The standard InChI is InChI=1S/C12H10Cl2N2O3S/c1-7-2-4-8(5-3-7)20(18,19)16-12(17)10-6-9(13)11(14)15-10/h2-6,15H,1H3,(H,16,17). The van der Waals surface area contributed by atoms with E-state index >= 15 is 0 Å². The first-order valence-corrected chi connectivity index (χ1v) is 7.71. The van der Waals surface area contributed by atoms with Crippen LogP contribution in [0.25, 0.3) is 0 Å². The molecule has 0 aliphatic carbocycles. The van der Waals surface area contributed by atoms with Crippen LogP contribution >= 0.6 is 23.2 Å². The fraction of sp³-hybridized carbons (Fsp3) is 0.0833. The molecule has 0 bridgehead atoms. The number of benzene rings is 1. The van der Waals surface area contributed by atoms with E-state index in [4.69, 9.17) is 23.2 Å². The van der Waals surface area contributed by atoms with Crippen molar-refractivity contribution in [3.63, 3.8) is 0 Å². The molecule has 1 heterocycles. The molecule has 0 saturated carbocycles. The van der Waals surface area contributed by atoms with Crippen molar-refractivity contribution in [3.8, 4) is 0 Å². The number of halogens is 2. The molecule has 1 aromatic heterocycles. The molecule has 2 rings (SSSR count). The van der Waals surface area contributed by atoms with Crippen molar-refractivity contribution in [2.24, 2.45) is 0 Å². The predicted molar refractivity (Wildman–Crippen MR) is 76.6 cm³/mol. The summed E-state index contributed by atoms with van der Waals surface area (Å²) in [5.41, 5.74) is 0.883. The molecule has 0 aliphatic heterocycles. The number of nitrogens with one attached hydrogen (secondary N) is 2. The molecule has 20 heavy (non-hydrogen) atoms. The molecule has 8 heteroatoms. The zero-order chi connectivity index (χ0) is 14.9. The third kappa shape index (κ3) is 3.15. The summed E-state index contributed by atoms with van der Waals surface area (Å²) >= 11 is 11.3. The van der Waals surface area contributed by atoms with Gasteiger partial charge in [-0.15, -0.1) is 0 Å². The second-order valence-electron chi connectivity index (χ2n) is 4.09. The van der Waals surface area contributed by atoms with Gasteiger partial charge in [0.15, 0.2) is 0 Å². The molecule has 0 atom stereocenters. The van der Waals surface area contributed by atoms with E-state index in [1.54, 1.807) is 12.1 Å². The van der Waals surface area contributed by atoms with Gasteiger partial charge >= 0.3 is 0 Å². The minimum Gasteiger partial charge on any atom is -0.340 e. The number of amides is 1. The highest BCUT2D eigenvalue weighted by Crippen LogP contribution is 2.22. The first-order valence-electron chi connectivity index (χ1n) is 5.47. The molecular weight excluding hydrogens is 323 g/mol. The van der Waals surface area contributed by atoms with E-state index in [-0.39, 0.29) is 20.8 Å². The van der Waals surface area contributed by atoms with Gasteiger partial charge in [-0.25, -0.2) is 13.1 Å². The van der Waals surface area contributed by atoms with Crippen LogP contribution in [0.3, 0.4) is 0 Å². The van der Waals surface area contributed by atoms with Gasteiger partial charge in [0, 0.05) is 0 Å². The first-order chi connectivity index (χ1) is 9.29. The van der Waals surface area contributed by atoms with Gasteiger partial charge in [-0.1, -0.05) is 40.9 Å². The van der Waals surface area contributed by atoms with Gasteiger partial charge in [0.05, 0.1) is 9.92 Å². The van der Waals surface area contributed by atoms with Crippen LogP contribution in [0, 0.1) is 6.92 Å². The summed E-state index contributed by atoms with van der Waals surface area (Å²) in [5.74, 6) is -0.834. The third-order valence-corrected chi connectivity index (χ3v) is 4.57. The number of hydrogen-bond acceptors (Lipinski definition) is 3. The van der Waals surface area contributed by atoms with Crippen LogP contribution in [0.2, 0.25) is 10.2 Å². The van der Waals surface area contributed by atoms with Crippen LogP contribution in [0.15, 0.2) is 35.2 Å². The lowest BCUT2D eigenvalue weighted by Crippen LogP contribution is -2.30. The lowest BCUT2D eigenvalue weighted by molar-refractivity contribution is 0.0977. The highest BCUT2D eigenvalue weighted by Gasteiger charge is 2.20. The summed E-state index contributed by atoms with van der Waals surface area (Å²) < 4.78 is 25.9. The number of H-pyrrole nitrogens is 1. The molecule has 0 spiro atoms. The Kier molecular flexibility index (Phi) is 4.08. The van der Waals surface area contributed by atoms with Crippen molar-refractivity contribution in [2.75, 3.05) is 0 Å². The molecule has 0 saturated heterocycles. The second-order valence-corrected chi connectivity index (χ2v) is 6.56. The minimum absolute atomic E-state index is 0.000185. The van der Waals surface area contributed by atoms with E-state index in [9.17, 15) is 13.2 Å². The second kappa shape index (κ2) is 5.47. The molecule has 2 aromatic rings. The van der Waals surface area contributed by atoms with Gasteiger partial charge in [-0.05, 0) is 25.1 Å². The maximum absolute atomic E-state index is 12.0. The number of aryl methyl sites for hydroxylation is 1. The Labute approximate surface area is 126 Å². The number of carbonyl (C=O) groups is 1. The predicted octanol–water partition coefficient (Wildman–Crippen LogP) is 2.75. The Balaban J connectivity index is 2.24. The zero-order valence-corrected chi connectivity index (χ0v) is 12.6. The van der Waals surface area contributed by atoms with Crippen molar-refractivity contribution < 1.29 is 13.2 Å². The highest BCUT2D eigenvalue weighted by molar-refractivity contribution is 7.90. The summed E-state index contributed by atoms with van der Waals surface area (Å²) in [5, 5.41) is 0.217. The summed E-state index contributed by atoms with van der Waals surface area (Å²) in [6.07, 6.45) is 0. The molecule has 106 valence electrons. The van der Waals surface area contributed by atoms with Gasteiger partial charge in [0.25, 0.3) is 15.9 Å². The highest BCUT2D eigenvalue weighted by atomic mass is 35.5. The van der Waals surface area contributed by atoms with Gasteiger partial charge in [0.1, 0.15) is 10.8 Å². The van der Waals surface area contributed by atoms with Crippen LogP contribution in [0.4, 0.5) is 0 Å². The lowest BCUT2D eigenvalue weighted by Gasteiger charge is -2.06. The topological polar surface area (TPSA) is 79.0 Å². The fourth-order valence-corrected chi connectivity index (χ4v) is 2.76. The Bertz CT molecular complexity index is 732. The van der Waals surface area contributed by atoms with Crippen LogP contribution in [-0.4, -0.2) is 19.3 Å². The van der Waals surface area contributed by atoms with Crippen LogP contribution in [0.5, 0.6) is 0 Å². The van der Waals surface area contributed by atoms with Crippen molar-refractivity contribution in [1.82, 2.24) is 9.71 Å². The smallest absolute Gasteiger partial charge is 0.281 e. The normalized spacial score (nSPS) is 11.3. The summed E-state index contributed by atoms with van der Waals surface area (Å²) in [6.45, 7) is 1.83. The van der Waals surface area contributed by atoms with Crippen LogP contribution in [-0.2, 0) is 10.0 Å². The Morgan fingerprint density at radius 2 is 1.80 bits per heavy atom. The van der Waals surface area contributed by atoms with Crippen molar-refractivity contribution in [3.05, 3.63) is 51.8 Å². The van der Waals surface area contributed by atoms with E-state index in [0.29, 0.717) is 0 Å². The molecule has 1 aromatic carbocycles. The molecule has 1 amide bonds. The maximum atomic E-state index is 12.0. The van der Waals surface area contributed by atoms with Crippen molar-refractivity contribution in [1.29, 1.82) is 0 Å². The van der Waals surface area contributed by atoms with Crippen LogP contribution < -0.4 is 4.72 Å². The molecule has 2 N–H and O–H groups in total. The van der Waals surface area contributed by atoms with E-state index in [2.05, 4.69) is 4.98 Å². The molecule has 0 unspecified atom stereocenters. The maximum Gasteiger partial charge on any atom is 0.281 e. The molecule has 5 nitrogen and oxygen atoms in total. The number of sulfonamides is 1. The van der Waals surface area contributed by atoms with Crippen LogP contribution in [0.1, 0.15) is 16.1 Å². The SMILES string of the molecule is Cc1ccc(S(=O)(=O)NC(=O)c2cc(Cl)c(Cl)[nH]2)cc1. The van der Waals surface area contributed by atoms with Crippen molar-refractivity contribution >= 4 is 39.1 Å². The van der Waals surface area contributed by atoms with Gasteiger partial charge < -0.3 is 4.98 Å². The monoisotopic (exact) mass is 332 g/mol. The third-order valence-electron chi connectivity index (χ3n) is 2.53. The number of aromatic nitrogens is 1. The number of carbonyl (C=O) groups excluding carboxylic acids is 1. The molecule has 0 fully saturated rings. The largest absolute Gasteiger partial charge is 0.340 e. The molecule has 0 aliphatic rings. The van der Waals surface area contributed by atoms with E-state index in [1.165, 1.54) is 18.2 Å². The van der Waals surface area contributed by atoms with Crippen molar-refractivity contribution in [2.45, 2.75) is 11.8 Å². The minimum atomic E-state index is -3.93. The number of hydrogen-bond donors (Lipinski definition) is 2. The van der Waals surface area contributed by atoms with E-state index in [1.807, 2.05) is 11.6 Å². The average molecular weight is 333 g/mol. The van der Waals surface area contributed by atoms with E-state index < -0.39 is 15.9 Å². The Morgan fingerprint density at radius 1 is 1.20 bits per heavy atom. The summed E-state index contributed by atoms with van der Waals surface area (Å²) in [7, 11) is -3.93. The first kappa shape index (κ1) is 14.9. The Hall–Kier alpha value is -1.50. The van der Waals surface area contributed by atoms with Gasteiger partial charge in [-0.3, -0.25) is 4.79 Å². The Morgan fingerprint density at radius 3 is 2.30 bits per heavy atom. The summed E-state index contributed by atoms with van der Waals surface area (Å²) in [6, 6.07) is 7.37.